The van der Waals surface area contributed by atoms with E-state index in [0.717, 1.165) is 6.39 Å². The van der Waals surface area contributed by atoms with Gasteiger partial charge in [-0.25, -0.2) is 9.78 Å². The van der Waals surface area contributed by atoms with Gasteiger partial charge in [-0.3, -0.25) is 4.79 Å². The quantitative estimate of drug-likeness (QED) is 0.792. The lowest BCUT2D eigenvalue weighted by atomic mass is 10.0. The molecule has 2 N–H and O–H groups in total. The highest BCUT2D eigenvalue weighted by Gasteiger charge is 2.25. The van der Waals surface area contributed by atoms with Gasteiger partial charge in [0.15, 0.2) is 6.39 Å². The van der Waals surface area contributed by atoms with E-state index in [2.05, 4.69) is 10.3 Å². The molecule has 0 aliphatic carbocycles. The minimum atomic E-state index is -1.07. The molecule has 1 aromatic rings. The number of carboxylic acid groups (broad SMARTS) is 1. The number of carbonyl (C=O) groups is 2. The fourth-order valence-corrected chi connectivity index (χ4v) is 1.24. The Morgan fingerprint density at radius 2 is 2.12 bits per heavy atom. The first-order valence-electron chi connectivity index (χ1n) is 4.87. The smallest absolute Gasteiger partial charge is 0.326 e. The number of aromatic nitrogens is 1. The van der Waals surface area contributed by atoms with Crippen LogP contribution in [-0.2, 0) is 4.79 Å². The van der Waals surface area contributed by atoms with Gasteiger partial charge in [-0.05, 0) is 12.8 Å². The van der Waals surface area contributed by atoms with Crippen LogP contribution in [0.25, 0.3) is 0 Å². The van der Waals surface area contributed by atoms with Gasteiger partial charge in [0.1, 0.15) is 6.04 Å². The standard InChI is InChI=1S/C10H14N2O4/c1-5(2)7(10(14)15)12-9(13)8-6(3)11-4-16-8/h4-5,7H,1-3H3,(H,12,13)(H,14,15)/t7-/m1/s1. The van der Waals surface area contributed by atoms with Gasteiger partial charge in [0, 0.05) is 0 Å². The van der Waals surface area contributed by atoms with Crippen molar-refractivity contribution in [3.8, 4) is 0 Å². The molecule has 1 rings (SSSR count). The predicted molar refractivity (Wildman–Crippen MR) is 55.0 cm³/mol. The fourth-order valence-electron chi connectivity index (χ4n) is 1.24. The summed E-state index contributed by atoms with van der Waals surface area (Å²) in [5, 5.41) is 11.3. The highest BCUT2D eigenvalue weighted by Crippen LogP contribution is 2.07. The van der Waals surface area contributed by atoms with Crippen LogP contribution < -0.4 is 5.32 Å². The van der Waals surface area contributed by atoms with Crippen LogP contribution in [0.2, 0.25) is 0 Å². The Hall–Kier alpha value is -1.85. The zero-order valence-corrected chi connectivity index (χ0v) is 9.35. The van der Waals surface area contributed by atoms with Crippen molar-refractivity contribution < 1.29 is 19.1 Å². The van der Waals surface area contributed by atoms with Crippen molar-refractivity contribution in [2.45, 2.75) is 26.8 Å². The first-order chi connectivity index (χ1) is 7.43. The van der Waals surface area contributed by atoms with E-state index in [0.29, 0.717) is 5.69 Å². The van der Waals surface area contributed by atoms with Crippen LogP contribution in [-0.4, -0.2) is 28.0 Å². The van der Waals surface area contributed by atoms with Crippen LogP contribution in [0.3, 0.4) is 0 Å². The topological polar surface area (TPSA) is 92.4 Å². The molecule has 6 heteroatoms. The number of nitrogens with zero attached hydrogens (tertiary/aromatic N) is 1. The summed E-state index contributed by atoms with van der Waals surface area (Å²) in [6.07, 6.45) is 1.15. The van der Waals surface area contributed by atoms with Gasteiger partial charge in [0.05, 0.1) is 5.69 Å². The summed E-state index contributed by atoms with van der Waals surface area (Å²) in [6.45, 7) is 5.04. The number of rotatable bonds is 4. The number of aryl methyl sites for hydroxylation is 1. The molecule has 0 saturated heterocycles. The minimum Gasteiger partial charge on any atom is -0.480 e. The van der Waals surface area contributed by atoms with Crippen LogP contribution in [0, 0.1) is 12.8 Å². The van der Waals surface area contributed by atoms with E-state index in [1.165, 1.54) is 0 Å². The molecule has 0 radical (unpaired) electrons. The van der Waals surface area contributed by atoms with Gasteiger partial charge in [-0.15, -0.1) is 0 Å². The van der Waals surface area contributed by atoms with Crippen LogP contribution in [0.4, 0.5) is 0 Å². The molecule has 0 bridgehead atoms. The van der Waals surface area contributed by atoms with E-state index >= 15 is 0 Å². The number of hydrogen-bond acceptors (Lipinski definition) is 4. The number of carboxylic acids is 1. The first-order valence-corrected chi connectivity index (χ1v) is 4.87. The molecule has 1 amide bonds. The molecule has 0 aromatic carbocycles. The van der Waals surface area contributed by atoms with Gasteiger partial charge in [0.25, 0.3) is 5.91 Å². The maximum absolute atomic E-state index is 11.6. The van der Waals surface area contributed by atoms with Gasteiger partial charge in [0.2, 0.25) is 5.76 Å². The number of hydrogen-bond donors (Lipinski definition) is 2. The second-order valence-electron chi connectivity index (χ2n) is 3.80. The lowest BCUT2D eigenvalue weighted by molar-refractivity contribution is -0.140. The Morgan fingerprint density at radius 3 is 2.50 bits per heavy atom. The van der Waals surface area contributed by atoms with Crippen molar-refractivity contribution in [2.24, 2.45) is 5.92 Å². The zero-order chi connectivity index (χ0) is 12.3. The third-order valence-corrected chi connectivity index (χ3v) is 2.17. The zero-order valence-electron chi connectivity index (χ0n) is 9.35. The summed E-state index contributed by atoms with van der Waals surface area (Å²) < 4.78 is 4.87. The molecule has 0 aliphatic rings. The predicted octanol–water partition coefficient (Wildman–Crippen LogP) is 0.822. The summed E-state index contributed by atoms with van der Waals surface area (Å²) in [4.78, 5) is 26.3. The lowest BCUT2D eigenvalue weighted by Gasteiger charge is -2.16. The van der Waals surface area contributed by atoms with Crippen molar-refractivity contribution in [1.82, 2.24) is 10.3 Å². The van der Waals surface area contributed by atoms with Crippen molar-refractivity contribution in [2.75, 3.05) is 0 Å². The van der Waals surface area contributed by atoms with E-state index in [1.807, 2.05) is 0 Å². The lowest BCUT2D eigenvalue weighted by Crippen LogP contribution is -2.44. The van der Waals surface area contributed by atoms with E-state index in [9.17, 15) is 9.59 Å². The molecule has 1 heterocycles. The molecule has 1 atom stereocenters. The largest absolute Gasteiger partial charge is 0.480 e. The third-order valence-electron chi connectivity index (χ3n) is 2.17. The van der Waals surface area contributed by atoms with Gasteiger partial charge < -0.3 is 14.8 Å². The van der Waals surface area contributed by atoms with E-state index < -0.39 is 17.9 Å². The van der Waals surface area contributed by atoms with E-state index in [-0.39, 0.29) is 11.7 Å². The highest BCUT2D eigenvalue weighted by molar-refractivity contribution is 5.95. The van der Waals surface area contributed by atoms with E-state index in [1.54, 1.807) is 20.8 Å². The Morgan fingerprint density at radius 1 is 1.50 bits per heavy atom. The monoisotopic (exact) mass is 226 g/mol. The summed E-state index contributed by atoms with van der Waals surface area (Å²) in [5.74, 6) is -1.78. The van der Waals surface area contributed by atoms with Crippen LogP contribution in [0.1, 0.15) is 30.1 Å². The molecule has 16 heavy (non-hydrogen) atoms. The summed E-state index contributed by atoms with van der Waals surface area (Å²) >= 11 is 0. The van der Waals surface area contributed by atoms with Crippen molar-refractivity contribution in [3.63, 3.8) is 0 Å². The Labute approximate surface area is 92.7 Å². The molecule has 1 aromatic heterocycles. The maximum Gasteiger partial charge on any atom is 0.326 e. The Balaban J connectivity index is 2.77. The van der Waals surface area contributed by atoms with Crippen LogP contribution in [0.15, 0.2) is 10.8 Å². The molecular formula is C10H14N2O4. The highest BCUT2D eigenvalue weighted by atomic mass is 16.4. The fraction of sp³-hybridized carbons (Fsp3) is 0.500. The van der Waals surface area contributed by atoms with Crippen molar-refractivity contribution in [3.05, 3.63) is 17.8 Å². The normalized spacial score (nSPS) is 12.5. The first kappa shape index (κ1) is 12.2. The van der Waals surface area contributed by atoms with Gasteiger partial charge in [-0.1, -0.05) is 13.8 Å². The second kappa shape index (κ2) is 4.78. The SMILES string of the molecule is Cc1ncoc1C(=O)N[C@@H](C(=O)O)C(C)C. The van der Waals surface area contributed by atoms with Gasteiger partial charge in [-0.2, -0.15) is 0 Å². The average molecular weight is 226 g/mol. The molecule has 0 fully saturated rings. The number of nitrogens with one attached hydrogen (secondary N) is 1. The van der Waals surface area contributed by atoms with Crippen LogP contribution in [0.5, 0.6) is 0 Å². The Kier molecular flexibility index (Phi) is 3.65. The Bertz CT molecular complexity index is 397. The number of carbonyl (C=O) groups excluding carboxylic acids is 1. The second-order valence-corrected chi connectivity index (χ2v) is 3.80. The summed E-state index contributed by atoms with van der Waals surface area (Å²) in [6, 6.07) is -0.933. The van der Waals surface area contributed by atoms with Crippen molar-refractivity contribution >= 4 is 11.9 Å². The molecule has 0 aliphatic heterocycles. The number of amides is 1. The molecule has 6 nitrogen and oxygen atoms in total. The average Bonchev–Trinajstić information content (AvgIpc) is 2.59. The minimum absolute atomic E-state index is 0.0481. The summed E-state index contributed by atoms with van der Waals surface area (Å²) in [7, 11) is 0. The van der Waals surface area contributed by atoms with E-state index in [4.69, 9.17) is 9.52 Å². The van der Waals surface area contributed by atoms with Gasteiger partial charge >= 0.3 is 5.97 Å². The molecular weight excluding hydrogens is 212 g/mol. The maximum atomic E-state index is 11.6. The third kappa shape index (κ3) is 2.59. The molecule has 88 valence electrons. The van der Waals surface area contributed by atoms with Crippen molar-refractivity contribution in [1.29, 1.82) is 0 Å². The summed E-state index contributed by atoms with van der Waals surface area (Å²) in [5.41, 5.74) is 0.436. The number of oxazole rings is 1. The van der Waals surface area contributed by atoms with Crippen LogP contribution >= 0.6 is 0 Å². The molecule has 0 spiro atoms. The molecule has 0 unspecified atom stereocenters. The molecule has 0 saturated carbocycles. The number of aliphatic carboxylic acids is 1.